The van der Waals surface area contributed by atoms with E-state index in [1.54, 1.807) is 0 Å². The first-order valence-electron chi connectivity index (χ1n) is 10.3. The number of carbonyl (C=O) groups is 3. The first kappa shape index (κ1) is 27.3. The van der Waals surface area contributed by atoms with Crippen molar-refractivity contribution in [3.63, 3.8) is 0 Å². The Hall–Kier alpha value is -3.96. The van der Waals surface area contributed by atoms with Gasteiger partial charge in [-0.2, -0.15) is 13.2 Å². The van der Waals surface area contributed by atoms with Crippen LogP contribution >= 0.6 is 0 Å². The standard InChI is InChI=1S/C23H24F3NO8/c1-13(28)15-5-7-17(16(20(15)29)8-9-23(24,25)26)34-10-3-11-35-18-6-4-14(12-19(18)33-2)27-21(30)22(31)32/h4-7,12,29H,3,8-11H2,1-2H3,(H,27,30)(H,31,32). The number of carboxylic acid groups (broad SMARTS) is 1. The van der Waals surface area contributed by atoms with Crippen molar-refractivity contribution in [2.45, 2.75) is 32.4 Å². The molecular formula is C23H24F3NO8. The summed E-state index contributed by atoms with van der Waals surface area (Å²) in [6, 6.07) is 6.89. The van der Waals surface area contributed by atoms with Gasteiger partial charge in [0.2, 0.25) is 0 Å². The third-order valence-electron chi connectivity index (χ3n) is 4.70. The Bertz CT molecular complexity index is 1090. The number of amides is 1. The number of carbonyl (C=O) groups excluding carboxylic acids is 2. The fourth-order valence-electron chi connectivity index (χ4n) is 3.02. The number of anilines is 1. The SMILES string of the molecule is COc1cc(NC(=O)C(=O)O)ccc1OCCCOc1ccc(C(C)=O)c(O)c1CCC(F)(F)F. The maximum Gasteiger partial charge on any atom is 0.394 e. The zero-order valence-electron chi connectivity index (χ0n) is 18.9. The summed E-state index contributed by atoms with van der Waals surface area (Å²) in [7, 11) is 1.35. The summed E-state index contributed by atoms with van der Waals surface area (Å²) in [5.74, 6) is -3.31. The molecule has 0 unspecified atom stereocenters. The molecule has 9 nitrogen and oxygen atoms in total. The predicted octanol–water partition coefficient (Wildman–Crippen LogP) is 3.97. The molecule has 0 aliphatic heterocycles. The lowest BCUT2D eigenvalue weighted by Gasteiger charge is -2.16. The number of Topliss-reactive ketones (excluding diaryl/α,β-unsaturated/α-hetero) is 1. The van der Waals surface area contributed by atoms with E-state index in [9.17, 15) is 32.7 Å². The van der Waals surface area contributed by atoms with Crippen molar-refractivity contribution in [2.75, 3.05) is 25.6 Å². The van der Waals surface area contributed by atoms with Crippen molar-refractivity contribution in [2.24, 2.45) is 0 Å². The highest BCUT2D eigenvalue weighted by Gasteiger charge is 2.29. The number of benzene rings is 2. The summed E-state index contributed by atoms with van der Waals surface area (Å²) < 4.78 is 54.4. The van der Waals surface area contributed by atoms with Crippen molar-refractivity contribution in [3.05, 3.63) is 41.5 Å². The molecule has 2 aromatic rings. The van der Waals surface area contributed by atoms with Crippen LogP contribution in [0.15, 0.2) is 30.3 Å². The van der Waals surface area contributed by atoms with Crippen LogP contribution in [0.2, 0.25) is 0 Å². The molecule has 0 fully saturated rings. The van der Waals surface area contributed by atoms with E-state index in [0.29, 0.717) is 12.2 Å². The molecule has 0 aliphatic rings. The van der Waals surface area contributed by atoms with Gasteiger partial charge >= 0.3 is 18.1 Å². The summed E-state index contributed by atoms with van der Waals surface area (Å²) in [4.78, 5) is 33.5. The molecule has 0 atom stereocenters. The number of aromatic hydroxyl groups is 1. The first-order valence-corrected chi connectivity index (χ1v) is 10.3. The average Bonchev–Trinajstić information content (AvgIpc) is 2.77. The summed E-state index contributed by atoms with van der Waals surface area (Å²) in [5.41, 5.74) is -0.00492. The molecule has 0 saturated carbocycles. The number of methoxy groups -OCH3 is 1. The normalized spacial score (nSPS) is 11.0. The summed E-state index contributed by atoms with van der Waals surface area (Å²) in [6.07, 6.45) is -5.89. The molecule has 0 heterocycles. The number of carboxylic acids is 1. The van der Waals surface area contributed by atoms with Gasteiger partial charge in [0, 0.05) is 30.2 Å². The van der Waals surface area contributed by atoms with Crippen molar-refractivity contribution >= 4 is 23.3 Å². The molecule has 2 rings (SSSR count). The lowest BCUT2D eigenvalue weighted by atomic mass is 10.0. The fraction of sp³-hybridized carbons (Fsp3) is 0.348. The zero-order valence-corrected chi connectivity index (χ0v) is 18.9. The highest BCUT2D eigenvalue weighted by Crippen LogP contribution is 2.35. The van der Waals surface area contributed by atoms with Crippen LogP contribution in [0, 0.1) is 0 Å². The number of rotatable bonds is 11. The van der Waals surface area contributed by atoms with Crippen molar-refractivity contribution in [1.29, 1.82) is 0 Å². The molecule has 12 heteroatoms. The number of hydrogen-bond donors (Lipinski definition) is 3. The van der Waals surface area contributed by atoms with Crippen molar-refractivity contribution in [3.8, 4) is 23.0 Å². The van der Waals surface area contributed by atoms with Gasteiger partial charge < -0.3 is 29.7 Å². The number of phenolic OH excluding ortho intramolecular Hbond substituents is 1. The van der Waals surface area contributed by atoms with Gasteiger partial charge in [-0.25, -0.2) is 4.79 Å². The van der Waals surface area contributed by atoms with Crippen LogP contribution in [0.4, 0.5) is 18.9 Å². The lowest BCUT2D eigenvalue weighted by molar-refractivity contribution is -0.147. The molecule has 0 aromatic heterocycles. The number of halogens is 3. The number of hydrogen-bond acceptors (Lipinski definition) is 7. The van der Waals surface area contributed by atoms with Gasteiger partial charge in [-0.05, 0) is 37.6 Å². The third-order valence-corrected chi connectivity index (χ3v) is 4.70. The summed E-state index contributed by atoms with van der Waals surface area (Å²) >= 11 is 0. The van der Waals surface area contributed by atoms with Gasteiger partial charge in [0.25, 0.3) is 0 Å². The van der Waals surface area contributed by atoms with Crippen LogP contribution in [-0.4, -0.2) is 54.4 Å². The van der Waals surface area contributed by atoms with E-state index in [0.717, 1.165) is 0 Å². The molecule has 0 aliphatic carbocycles. The van der Waals surface area contributed by atoms with Crippen LogP contribution in [0.1, 0.15) is 35.7 Å². The monoisotopic (exact) mass is 499 g/mol. The second kappa shape index (κ2) is 12.0. The predicted molar refractivity (Wildman–Crippen MR) is 117 cm³/mol. The number of alkyl halides is 3. The second-order valence-corrected chi connectivity index (χ2v) is 7.29. The lowest BCUT2D eigenvalue weighted by Crippen LogP contribution is -2.21. The molecular weight excluding hydrogens is 475 g/mol. The Morgan fingerprint density at radius 2 is 1.63 bits per heavy atom. The van der Waals surface area contributed by atoms with Crippen LogP contribution in [0.25, 0.3) is 0 Å². The molecule has 190 valence electrons. The summed E-state index contributed by atoms with van der Waals surface area (Å²) in [6.45, 7) is 1.35. The molecule has 0 radical (unpaired) electrons. The third kappa shape index (κ3) is 8.09. The van der Waals surface area contributed by atoms with Crippen molar-refractivity contribution in [1.82, 2.24) is 0 Å². The van der Waals surface area contributed by atoms with Gasteiger partial charge in [0.15, 0.2) is 17.3 Å². The number of aliphatic carboxylic acids is 1. The van der Waals surface area contributed by atoms with Gasteiger partial charge in [0.1, 0.15) is 11.5 Å². The maximum absolute atomic E-state index is 12.7. The average molecular weight is 499 g/mol. The number of ketones is 1. The Kier molecular flexibility index (Phi) is 9.32. The summed E-state index contributed by atoms with van der Waals surface area (Å²) in [5, 5.41) is 21.1. The smallest absolute Gasteiger partial charge is 0.394 e. The van der Waals surface area contributed by atoms with E-state index in [2.05, 4.69) is 5.32 Å². The largest absolute Gasteiger partial charge is 0.507 e. The molecule has 3 N–H and O–H groups in total. The molecule has 0 spiro atoms. The minimum Gasteiger partial charge on any atom is -0.507 e. The second-order valence-electron chi connectivity index (χ2n) is 7.29. The van der Waals surface area contributed by atoms with Crippen LogP contribution in [0.3, 0.4) is 0 Å². The Labute approximate surface area is 198 Å². The van der Waals surface area contributed by atoms with Gasteiger partial charge in [0.05, 0.1) is 25.9 Å². The number of nitrogens with one attached hydrogen (secondary N) is 1. The first-order chi connectivity index (χ1) is 16.4. The van der Waals surface area contributed by atoms with E-state index >= 15 is 0 Å². The van der Waals surface area contributed by atoms with E-state index in [1.807, 2.05) is 0 Å². The number of phenols is 1. The minimum absolute atomic E-state index is 0.0347. The molecule has 0 bridgehead atoms. The zero-order chi connectivity index (χ0) is 26.2. The Balaban J connectivity index is 1.99. The van der Waals surface area contributed by atoms with Gasteiger partial charge in [-0.1, -0.05) is 0 Å². The van der Waals surface area contributed by atoms with E-state index in [1.165, 1.54) is 44.4 Å². The molecule has 0 saturated heterocycles. The van der Waals surface area contributed by atoms with Crippen LogP contribution < -0.4 is 19.5 Å². The minimum atomic E-state index is -4.45. The number of ether oxygens (including phenoxy) is 3. The highest BCUT2D eigenvalue weighted by atomic mass is 19.4. The van der Waals surface area contributed by atoms with E-state index in [4.69, 9.17) is 19.3 Å². The fourth-order valence-corrected chi connectivity index (χ4v) is 3.02. The Morgan fingerprint density at radius 1 is 1.00 bits per heavy atom. The highest BCUT2D eigenvalue weighted by molar-refractivity contribution is 6.36. The Morgan fingerprint density at radius 3 is 2.20 bits per heavy atom. The topological polar surface area (TPSA) is 131 Å². The van der Waals surface area contributed by atoms with E-state index < -0.39 is 42.4 Å². The molecule has 2 aromatic carbocycles. The van der Waals surface area contributed by atoms with E-state index in [-0.39, 0.29) is 41.5 Å². The molecule has 1 amide bonds. The quantitative estimate of drug-likeness (QED) is 0.241. The van der Waals surface area contributed by atoms with Gasteiger partial charge in [-0.15, -0.1) is 0 Å². The van der Waals surface area contributed by atoms with Crippen LogP contribution in [-0.2, 0) is 16.0 Å². The van der Waals surface area contributed by atoms with Crippen LogP contribution in [0.5, 0.6) is 23.0 Å². The van der Waals surface area contributed by atoms with Gasteiger partial charge in [-0.3, -0.25) is 9.59 Å². The maximum atomic E-state index is 12.7. The molecule has 35 heavy (non-hydrogen) atoms. The van der Waals surface area contributed by atoms with Crippen molar-refractivity contribution < 1.29 is 52.0 Å².